The summed E-state index contributed by atoms with van der Waals surface area (Å²) in [6.45, 7) is 0. The molecule has 0 unspecified atom stereocenters. The lowest BCUT2D eigenvalue weighted by Gasteiger charge is -1.99. The van der Waals surface area contributed by atoms with E-state index in [9.17, 15) is 13.0 Å². The molecule has 0 spiro atoms. The summed E-state index contributed by atoms with van der Waals surface area (Å²) in [6.07, 6.45) is 0. The van der Waals surface area contributed by atoms with Crippen molar-refractivity contribution < 1.29 is 13.0 Å². The van der Waals surface area contributed by atoms with E-state index in [0.29, 0.717) is 0 Å². The Morgan fingerprint density at radius 2 is 1.91 bits per heavy atom. The van der Waals surface area contributed by atoms with Gasteiger partial charge in [-0.05, 0) is 12.1 Å². The average molecular weight is 223 g/mol. The number of benzene rings is 1. The highest BCUT2D eigenvalue weighted by Gasteiger charge is 2.23. The monoisotopic (exact) mass is 222 g/mol. The van der Waals surface area contributed by atoms with Crippen molar-refractivity contribution in [2.24, 2.45) is 0 Å². The Labute approximate surface area is 70.7 Å². The summed E-state index contributed by atoms with van der Waals surface area (Å²) in [5.41, 5.74) is -0.576. The van der Waals surface area contributed by atoms with Gasteiger partial charge >= 0.3 is 7.27 Å². The highest BCUT2D eigenvalue weighted by atomic mass is 79.9. The molecule has 1 aromatic rings. The first-order valence-corrected chi connectivity index (χ1v) is 3.64. The van der Waals surface area contributed by atoms with E-state index in [0.717, 1.165) is 6.07 Å². The molecule has 0 amide bonds. The van der Waals surface area contributed by atoms with Crippen LogP contribution in [0.15, 0.2) is 22.7 Å². The molecule has 0 aliphatic carbocycles. The SMILES string of the molecule is FB(F)c1c(F)cccc1Br. The van der Waals surface area contributed by atoms with Crippen molar-refractivity contribution in [3.8, 4) is 0 Å². The third kappa shape index (κ3) is 1.77. The second kappa shape index (κ2) is 3.30. The van der Waals surface area contributed by atoms with Gasteiger partial charge in [0.2, 0.25) is 0 Å². The van der Waals surface area contributed by atoms with E-state index in [1.807, 2.05) is 0 Å². The van der Waals surface area contributed by atoms with Crippen LogP contribution in [0.5, 0.6) is 0 Å². The molecule has 0 saturated heterocycles. The molecule has 0 aliphatic rings. The van der Waals surface area contributed by atoms with Gasteiger partial charge in [-0.2, -0.15) is 0 Å². The van der Waals surface area contributed by atoms with Crippen LogP contribution < -0.4 is 5.46 Å². The predicted octanol–water partition coefficient (Wildman–Crippen LogP) is 2.22. The van der Waals surface area contributed by atoms with E-state index in [2.05, 4.69) is 15.9 Å². The van der Waals surface area contributed by atoms with Crippen molar-refractivity contribution >= 4 is 28.7 Å². The smallest absolute Gasteiger partial charge is 0.281 e. The molecule has 0 bridgehead atoms. The van der Waals surface area contributed by atoms with Crippen molar-refractivity contribution in [2.45, 2.75) is 0 Å². The average Bonchev–Trinajstić information content (AvgIpc) is 1.85. The second-order valence-corrected chi connectivity index (χ2v) is 2.79. The van der Waals surface area contributed by atoms with E-state index in [4.69, 9.17) is 0 Å². The Kier molecular flexibility index (Phi) is 2.60. The molecule has 1 rings (SSSR count). The van der Waals surface area contributed by atoms with E-state index in [-0.39, 0.29) is 4.47 Å². The van der Waals surface area contributed by atoms with Crippen molar-refractivity contribution in [1.29, 1.82) is 0 Å². The quantitative estimate of drug-likeness (QED) is 0.640. The maximum atomic E-state index is 12.6. The first-order chi connectivity index (χ1) is 5.13. The molecule has 0 fully saturated rings. The van der Waals surface area contributed by atoms with E-state index in [1.165, 1.54) is 12.1 Å². The third-order valence-corrected chi connectivity index (χ3v) is 1.91. The van der Waals surface area contributed by atoms with Crippen LogP contribution in [0.3, 0.4) is 0 Å². The lowest BCUT2D eigenvalue weighted by molar-refractivity contribution is 0.621. The summed E-state index contributed by atoms with van der Waals surface area (Å²) in [4.78, 5) is 0. The molecule has 11 heavy (non-hydrogen) atoms. The van der Waals surface area contributed by atoms with Crippen molar-refractivity contribution in [2.75, 3.05) is 0 Å². The Balaban J connectivity index is 3.21. The molecule has 0 atom stereocenters. The maximum Gasteiger partial charge on any atom is 0.576 e. The van der Waals surface area contributed by atoms with Crippen LogP contribution in [0.25, 0.3) is 0 Å². The van der Waals surface area contributed by atoms with Gasteiger partial charge in [-0.25, -0.2) is 4.39 Å². The molecule has 5 heteroatoms. The van der Waals surface area contributed by atoms with Crippen molar-refractivity contribution in [3.05, 3.63) is 28.5 Å². The minimum Gasteiger partial charge on any atom is -0.281 e. The van der Waals surface area contributed by atoms with Gasteiger partial charge in [0.15, 0.2) is 0 Å². The van der Waals surface area contributed by atoms with E-state index >= 15 is 0 Å². The molecule has 1 aromatic carbocycles. The molecule has 0 aliphatic heterocycles. The van der Waals surface area contributed by atoms with E-state index in [1.54, 1.807) is 0 Å². The van der Waals surface area contributed by atoms with Gasteiger partial charge in [-0.3, -0.25) is 8.63 Å². The molecule has 0 N–H and O–H groups in total. The Bertz CT molecular complexity index is 244. The van der Waals surface area contributed by atoms with Crippen LogP contribution in [0.4, 0.5) is 13.0 Å². The summed E-state index contributed by atoms with van der Waals surface area (Å²) in [5, 5.41) is 0. The van der Waals surface area contributed by atoms with Crippen molar-refractivity contribution in [3.63, 3.8) is 0 Å². The van der Waals surface area contributed by atoms with Crippen LogP contribution in [0.2, 0.25) is 0 Å². The van der Waals surface area contributed by atoms with Gasteiger partial charge in [0.05, 0.1) is 0 Å². The normalized spacial score (nSPS) is 9.82. The summed E-state index contributed by atoms with van der Waals surface area (Å²) in [5.74, 6) is -0.880. The fourth-order valence-electron chi connectivity index (χ4n) is 0.719. The number of hydrogen-bond acceptors (Lipinski definition) is 0. The topological polar surface area (TPSA) is 0 Å². The van der Waals surface area contributed by atoms with Crippen LogP contribution in [0.1, 0.15) is 0 Å². The molecular formula is C6H3BBrF3. The summed E-state index contributed by atoms with van der Waals surface area (Å²) < 4.78 is 36.7. The number of hydrogen-bond donors (Lipinski definition) is 0. The molecule has 0 nitrogen and oxygen atoms in total. The lowest BCUT2D eigenvalue weighted by atomic mass is 9.86. The Morgan fingerprint density at radius 1 is 1.27 bits per heavy atom. The van der Waals surface area contributed by atoms with Crippen LogP contribution in [-0.4, -0.2) is 7.27 Å². The Hall–Kier alpha value is -0.445. The minimum atomic E-state index is -2.77. The van der Waals surface area contributed by atoms with Gasteiger partial charge in [0.25, 0.3) is 0 Å². The molecule has 0 saturated carbocycles. The highest BCUT2D eigenvalue weighted by molar-refractivity contribution is 9.10. The van der Waals surface area contributed by atoms with Gasteiger partial charge in [0.1, 0.15) is 5.82 Å². The standard InChI is InChI=1S/C6H3BBrF3/c8-4-2-1-3-5(9)6(4)7(10)11/h1-3H. The third-order valence-electron chi connectivity index (χ3n) is 1.22. The van der Waals surface area contributed by atoms with Crippen molar-refractivity contribution in [1.82, 2.24) is 0 Å². The predicted molar refractivity (Wildman–Crippen MR) is 41.7 cm³/mol. The van der Waals surface area contributed by atoms with Gasteiger partial charge in [-0.15, -0.1) is 0 Å². The second-order valence-electron chi connectivity index (χ2n) is 1.94. The zero-order valence-corrected chi connectivity index (χ0v) is 6.91. The highest BCUT2D eigenvalue weighted by Crippen LogP contribution is 2.10. The summed E-state index contributed by atoms with van der Waals surface area (Å²) in [7, 11) is -2.77. The largest absolute Gasteiger partial charge is 0.576 e. The van der Waals surface area contributed by atoms with Gasteiger partial charge in [-0.1, -0.05) is 22.0 Å². The first kappa shape index (κ1) is 8.65. The fraction of sp³-hybridized carbons (Fsp3) is 0. The van der Waals surface area contributed by atoms with Gasteiger partial charge in [0, 0.05) is 9.94 Å². The first-order valence-electron chi connectivity index (χ1n) is 2.85. The lowest BCUT2D eigenvalue weighted by Crippen LogP contribution is -2.25. The molecule has 0 aromatic heterocycles. The zero-order chi connectivity index (χ0) is 8.43. The summed E-state index contributed by atoms with van der Waals surface area (Å²) >= 11 is 2.83. The maximum absolute atomic E-state index is 12.6. The van der Waals surface area contributed by atoms with E-state index < -0.39 is 18.5 Å². The molecular weight excluding hydrogens is 220 g/mol. The summed E-state index contributed by atoms with van der Waals surface area (Å²) in [6, 6.07) is 3.75. The molecule has 0 heterocycles. The minimum absolute atomic E-state index is 0.104. The fourth-order valence-corrected chi connectivity index (χ4v) is 1.23. The van der Waals surface area contributed by atoms with Crippen LogP contribution in [-0.2, 0) is 0 Å². The number of halogens is 4. The zero-order valence-electron chi connectivity index (χ0n) is 5.32. The molecule has 0 radical (unpaired) electrons. The molecule has 58 valence electrons. The van der Waals surface area contributed by atoms with Gasteiger partial charge < -0.3 is 0 Å². The van der Waals surface area contributed by atoms with Crippen LogP contribution in [0, 0.1) is 5.82 Å². The Morgan fingerprint density at radius 3 is 2.27 bits per heavy atom. The number of rotatable bonds is 1. The van der Waals surface area contributed by atoms with Crippen LogP contribution >= 0.6 is 15.9 Å².